The van der Waals surface area contributed by atoms with E-state index in [0.717, 1.165) is 5.56 Å². The third-order valence-electron chi connectivity index (χ3n) is 3.60. The largest absolute Gasteiger partial charge is 0.480 e. The van der Waals surface area contributed by atoms with E-state index in [0.29, 0.717) is 12.2 Å². The van der Waals surface area contributed by atoms with Gasteiger partial charge in [-0.05, 0) is 40.6 Å². The third-order valence-corrected chi connectivity index (χ3v) is 6.01. The summed E-state index contributed by atoms with van der Waals surface area (Å²) in [5.41, 5.74) is 1.77. The predicted molar refractivity (Wildman–Crippen MR) is 98.4 cm³/mol. The average molecular weight is 376 g/mol. The highest BCUT2D eigenvalue weighted by Crippen LogP contribution is 2.25. The maximum absolute atomic E-state index is 12.1. The molecule has 6 nitrogen and oxygen atoms in total. The van der Waals surface area contributed by atoms with Crippen molar-refractivity contribution in [2.45, 2.75) is 11.4 Å². The fourth-order valence-electron chi connectivity index (χ4n) is 2.40. The maximum Gasteiger partial charge on any atom is 0.318 e. The third kappa shape index (κ3) is 4.16. The number of carboxylic acid groups (broad SMARTS) is 1. The molecule has 1 heterocycles. The fraction of sp³-hybridized carbons (Fsp3) is 0.118. The van der Waals surface area contributed by atoms with E-state index in [4.69, 9.17) is 5.11 Å². The van der Waals surface area contributed by atoms with Crippen molar-refractivity contribution in [1.82, 2.24) is 4.72 Å². The van der Waals surface area contributed by atoms with E-state index in [1.807, 2.05) is 22.2 Å². The number of fused-ring (bicyclic) bond motifs is 1. The Bertz CT molecular complexity index is 1010. The van der Waals surface area contributed by atoms with Gasteiger partial charge in [-0.2, -0.15) is 4.72 Å². The van der Waals surface area contributed by atoms with Crippen LogP contribution >= 0.6 is 11.3 Å². The molecule has 25 heavy (non-hydrogen) atoms. The van der Waals surface area contributed by atoms with Crippen LogP contribution in [0.15, 0.2) is 58.8 Å². The number of carbonyl (C=O) groups is 1. The summed E-state index contributed by atoms with van der Waals surface area (Å²) in [7, 11) is -3.86. The molecule has 0 atom stereocenters. The molecule has 0 unspecified atom stereocenters. The van der Waals surface area contributed by atoms with Gasteiger partial charge in [-0.1, -0.05) is 24.3 Å². The Morgan fingerprint density at radius 1 is 1.12 bits per heavy atom. The molecular formula is C17H16N2O4S2. The Labute approximate surface area is 149 Å². The molecule has 0 saturated heterocycles. The number of hydrogen-bond donors (Lipinski definition) is 3. The van der Waals surface area contributed by atoms with E-state index in [9.17, 15) is 13.2 Å². The first kappa shape index (κ1) is 17.4. The number of carboxylic acids is 1. The lowest BCUT2D eigenvalue weighted by atomic mass is 10.1. The quantitative estimate of drug-likeness (QED) is 0.589. The van der Waals surface area contributed by atoms with E-state index in [-0.39, 0.29) is 4.90 Å². The van der Waals surface area contributed by atoms with Gasteiger partial charge in [0.1, 0.15) is 6.54 Å². The SMILES string of the molecule is O=C(O)CNS(=O)(=O)c1cccc(NCc2cccc3ccsc23)c1. The fourth-order valence-corrected chi connectivity index (χ4v) is 4.34. The van der Waals surface area contributed by atoms with Crippen molar-refractivity contribution < 1.29 is 18.3 Å². The van der Waals surface area contributed by atoms with Crippen molar-refractivity contribution in [3.63, 3.8) is 0 Å². The van der Waals surface area contributed by atoms with E-state index < -0.39 is 22.5 Å². The van der Waals surface area contributed by atoms with Crippen molar-refractivity contribution in [3.8, 4) is 0 Å². The second-order valence-electron chi connectivity index (χ2n) is 5.36. The zero-order valence-electron chi connectivity index (χ0n) is 13.1. The number of rotatable bonds is 7. The minimum absolute atomic E-state index is 0.0214. The van der Waals surface area contributed by atoms with E-state index >= 15 is 0 Å². The van der Waals surface area contributed by atoms with Crippen LogP contribution in [0.1, 0.15) is 5.56 Å². The summed E-state index contributed by atoms with van der Waals surface area (Å²) >= 11 is 1.66. The van der Waals surface area contributed by atoms with Gasteiger partial charge in [0.05, 0.1) is 4.90 Å². The molecule has 0 spiro atoms. The van der Waals surface area contributed by atoms with Crippen LogP contribution in [0.4, 0.5) is 5.69 Å². The van der Waals surface area contributed by atoms with E-state index in [2.05, 4.69) is 17.4 Å². The number of aliphatic carboxylic acids is 1. The van der Waals surface area contributed by atoms with Crippen molar-refractivity contribution >= 4 is 43.1 Å². The zero-order valence-corrected chi connectivity index (χ0v) is 14.7. The van der Waals surface area contributed by atoms with Crippen LogP contribution in [0.25, 0.3) is 10.1 Å². The topological polar surface area (TPSA) is 95.5 Å². The molecule has 0 aliphatic heterocycles. The molecule has 0 bridgehead atoms. The molecule has 130 valence electrons. The first-order valence-corrected chi connectivity index (χ1v) is 9.82. The van der Waals surface area contributed by atoms with Crippen molar-refractivity contribution in [3.05, 3.63) is 59.5 Å². The van der Waals surface area contributed by atoms with Crippen LogP contribution in [0.5, 0.6) is 0 Å². The van der Waals surface area contributed by atoms with Gasteiger partial charge in [-0.15, -0.1) is 11.3 Å². The van der Waals surface area contributed by atoms with Gasteiger partial charge in [0, 0.05) is 16.9 Å². The van der Waals surface area contributed by atoms with Gasteiger partial charge in [0.2, 0.25) is 10.0 Å². The molecular weight excluding hydrogens is 360 g/mol. The summed E-state index contributed by atoms with van der Waals surface area (Å²) < 4.78 is 27.4. The van der Waals surface area contributed by atoms with Crippen LogP contribution in [0.2, 0.25) is 0 Å². The van der Waals surface area contributed by atoms with Gasteiger partial charge in [-0.25, -0.2) is 8.42 Å². The van der Waals surface area contributed by atoms with Crippen LogP contribution in [0.3, 0.4) is 0 Å². The second kappa shape index (κ2) is 7.22. The molecule has 2 aromatic carbocycles. The van der Waals surface area contributed by atoms with Crippen molar-refractivity contribution in [2.24, 2.45) is 0 Å². The Hall–Kier alpha value is -2.42. The summed E-state index contributed by atoms with van der Waals surface area (Å²) in [5, 5.41) is 15.1. The van der Waals surface area contributed by atoms with Gasteiger partial charge < -0.3 is 10.4 Å². The smallest absolute Gasteiger partial charge is 0.318 e. The number of anilines is 1. The molecule has 0 aliphatic carbocycles. The van der Waals surface area contributed by atoms with Crippen molar-refractivity contribution in [2.75, 3.05) is 11.9 Å². The van der Waals surface area contributed by atoms with Crippen LogP contribution in [-0.4, -0.2) is 26.0 Å². The van der Waals surface area contributed by atoms with Gasteiger partial charge in [0.15, 0.2) is 0 Å². The number of thiophene rings is 1. The predicted octanol–water partition coefficient (Wildman–Crippen LogP) is 2.88. The molecule has 8 heteroatoms. The number of nitrogens with one attached hydrogen (secondary N) is 2. The molecule has 3 aromatic rings. The molecule has 3 rings (SSSR count). The number of benzene rings is 2. The van der Waals surface area contributed by atoms with Crippen LogP contribution in [0, 0.1) is 0 Å². The lowest BCUT2D eigenvalue weighted by molar-refractivity contribution is -0.135. The monoisotopic (exact) mass is 376 g/mol. The molecule has 0 aliphatic rings. The second-order valence-corrected chi connectivity index (χ2v) is 8.04. The van der Waals surface area contributed by atoms with E-state index in [1.54, 1.807) is 23.5 Å². The summed E-state index contributed by atoms with van der Waals surface area (Å²) in [6, 6.07) is 14.4. The number of hydrogen-bond acceptors (Lipinski definition) is 5. The average Bonchev–Trinajstić information content (AvgIpc) is 3.08. The van der Waals surface area contributed by atoms with Crippen molar-refractivity contribution in [1.29, 1.82) is 0 Å². The molecule has 0 radical (unpaired) electrons. The highest BCUT2D eigenvalue weighted by atomic mass is 32.2. The summed E-state index contributed by atoms with van der Waals surface area (Å²) in [6.45, 7) is -0.0930. The van der Waals surface area contributed by atoms with Gasteiger partial charge in [0.25, 0.3) is 0 Å². The highest BCUT2D eigenvalue weighted by molar-refractivity contribution is 7.89. The Kier molecular flexibility index (Phi) is 5.03. The normalized spacial score (nSPS) is 11.5. The van der Waals surface area contributed by atoms with Gasteiger partial charge >= 0.3 is 5.97 Å². The lowest BCUT2D eigenvalue weighted by Crippen LogP contribution is -2.29. The molecule has 0 fully saturated rings. The summed E-state index contributed by atoms with van der Waals surface area (Å²) in [4.78, 5) is 10.6. The number of sulfonamides is 1. The van der Waals surface area contributed by atoms with E-state index in [1.165, 1.54) is 22.2 Å². The van der Waals surface area contributed by atoms with Crippen LogP contribution < -0.4 is 10.0 Å². The van der Waals surface area contributed by atoms with Crippen LogP contribution in [-0.2, 0) is 21.4 Å². The minimum atomic E-state index is -3.86. The molecule has 0 saturated carbocycles. The highest BCUT2D eigenvalue weighted by Gasteiger charge is 2.15. The first-order valence-electron chi connectivity index (χ1n) is 7.46. The Morgan fingerprint density at radius 2 is 1.92 bits per heavy atom. The maximum atomic E-state index is 12.1. The zero-order chi connectivity index (χ0) is 17.9. The Balaban J connectivity index is 1.76. The molecule has 0 amide bonds. The minimum Gasteiger partial charge on any atom is -0.480 e. The summed E-state index contributed by atoms with van der Waals surface area (Å²) in [5.74, 6) is -1.23. The first-order chi connectivity index (χ1) is 12.0. The Morgan fingerprint density at radius 3 is 2.72 bits per heavy atom. The standard InChI is InChI=1S/C17H16N2O4S2/c20-16(21)11-19-25(22,23)15-6-2-5-14(9-15)18-10-13-4-1-3-12-7-8-24-17(12)13/h1-9,18-19H,10-11H2,(H,20,21). The summed E-state index contributed by atoms with van der Waals surface area (Å²) in [6.07, 6.45) is 0. The molecule has 3 N–H and O–H groups in total. The lowest BCUT2D eigenvalue weighted by Gasteiger charge is -2.10. The van der Waals surface area contributed by atoms with Gasteiger partial charge in [-0.3, -0.25) is 4.79 Å². The molecule has 1 aromatic heterocycles.